The van der Waals surface area contributed by atoms with E-state index in [2.05, 4.69) is 9.72 Å². The van der Waals surface area contributed by atoms with Crippen molar-refractivity contribution in [3.05, 3.63) is 30.1 Å². The van der Waals surface area contributed by atoms with E-state index in [-0.39, 0.29) is 12.1 Å². The van der Waals surface area contributed by atoms with E-state index >= 15 is 0 Å². The Labute approximate surface area is 109 Å². The fourth-order valence-corrected chi connectivity index (χ4v) is 1.25. The Bertz CT molecular complexity index is 488. The number of ether oxygens (including phenoxy) is 1. The Balaban J connectivity index is 2.96. The number of hydrogen-bond acceptors (Lipinski definition) is 6. The van der Waals surface area contributed by atoms with Crippen LogP contribution in [0.5, 0.6) is 0 Å². The fourth-order valence-electron chi connectivity index (χ4n) is 1.25. The van der Waals surface area contributed by atoms with Gasteiger partial charge in [0.2, 0.25) is 11.3 Å². The molecule has 1 aromatic rings. The van der Waals surface area contributed by atoms with Crippen LogP contribution in [0.3, 0.4) is 0 Å². The van der Waals surface area contributed by atoms with E-state index in [1.54, 1.807) is 13.0 Å². The van der Waals surface area contributed by atoms with Crippen molar-refractivity contribution in [3.8, 4) is 0 Å². The van der Waals surface area contributed by atoms with E-state index in [4.69, 9.17) is 10.8 Å². The van der Waals surface area contributed by atoms with E-state index in [1.807, 2.05) is 0 Å². The van der Waals surface area contributed by atoms with Crippen molar-refractivity contribution in [2.45, 2.75) is 18.9 Å². The topological polar surface area (TPSA) is 120 Å². The van der Waals surface area contributed by atoms with Gasteiger partial charge in [-0.2, -0.15) is 0 Å². The molecule has 1 rings (SSSR count). The van der Waals surface area contributed by atoms with Gasteiger partial charge >= 0.3 is 11.9 Å². The van der Waals surface area contributed by atoms with E-state index in [0.717, 1.165) is 0 Å². The predicted molar refractivity (Wildman–Crippen MR) is 64.4 cm³/mol. The van der Waals surface area contributed by atoms with Crippen LogP contribution in [-0.2, 0) is 14.3 Å². The first kappa shape index (κ1) is 14.8. The first-order chi connectivity index (χ1) is 8.91. The molecule has 19 heavy (non-hydrogen) atoms. The smallest absolute Gasteiger partial charge is 0.335 e. The number of nitrogens with zero attached hydrogens (tertiary/aromatic N) is 1. The molecule has 0 saturated carbocycles. The summed E-state index contributed by atoms with van der Waals surface area (Å²) in [6, 6.07) is 4.45. The monoisotopic (exact) mass is 266 g/mol. The standard InChI is InChI=1S/C12H14N2O5/c1-2-9(15)19-7-12(13,11(17)18)10(16)8-5-3-4-6-14-8/h3-6H,2,7,13H2,1H3,(H,17,18). The highest BCUT2D eigenvalue weighted by Gasteiger charge is 2.44. The molecule has 0 fully saturated rings. The zero-order valence-electron chi connectivity index (χ0n) is 10.3. The van der Waals surface area contributed by atoms with E-state index in [9.17, 15) is 14.4 Å². The molecule has 0 spiro atoms. The summed E-state index contributed by atoms with van der Waals surface area (Å²) in [6.07, 6.45) is 1.40. The van der Waals surface area contributed by atoms with Crippen LogP contribution in [0.4, 0.5) is 0 Å². The Morgan fingerprint density at radius 2 is 2.11 bits per heavy atom. The van der Waals surface area contributed by atoms with Crippen LogP contribution in [0, 0.1) is 0 Å². The van der Waals surface area contributed by atoms with Gasteiger partial charge in [0.1, 0.15) is 12.3 Å². The number of aliphatic carboxylic acids is 1. The van der Waals surface area contributed by atoms with Crippen LogP contribution < -0.4 is 5.73 Å². The summed E-state index contributed by atoms with van der Waals surface area (Å²) in [5, 5.41) is 9.08. The lowest BCUT2D eigenvalue weighted by molar-refractivity contribution is -0.150. The molecule has 7 nitrogen and oxygen atoms in total. The normalized spacial score (nSPS) is 13.4. The summed E-state index contributed by atoms with van der Waals surface area (Å²) in [6.45, 7) is 0.812. The number of rotatable bonds is 6. The first-order valence-corrected chi connectivity index (χ1v) is 5.55. The van der Waals surface area contributed by atoms with Gasteiger partial charge in [0.25, 0.3) is 0 Å². The molecule has 0 aliphatic carbocycles. The van der Waals surface area contributed by atoms with Crippen molar-refractivity contribution in [1.29, 1.82) is 0 Å². The van der Waals surface area contributed by atoms with Gasteiger partial charge in [0.05, 0.1) is 0 Å². The average molecular weight is 266 g/mol. The number of aromatic nitrogens is 1. The van der Waals surface area contributed by atoms with Crippen molar-refractivity contribution < 1.29 is 24.2 Å². The fraction of sp³-hybridized carbons (Fsp3) is 0.333. The third-order valence-corrected chi connectivity index (χ3v) is 2.43. The molecule has 0 aliphatic heterocycles. The first-order valence-electron chi connectivity index (χ1n) is 5.55. The van der Waals surface area contributed by atoms with Crippen LogP contribution in [0.25, 0.3) is 0 Å². The minimum Gasteiger partial charge on any atom is -0.479 e. The molecule has 0 bridgehead atoms. The Hall–Kier alpha value is -2.28. The molecule has 1 atom stereocenters. The van der Waals surface area contributed by atoms with Crippen molar-refractivity contribution >= 4 is 17.7 Å². The summed E-state index contributed by atoms with van der Waals surface area (Å²) in [4.78, 5) is 38.0. The highest BCUT2D eigenvalue weighted by Crippen LogP contribution is 2.11. The molecule has 0 saturated heterocycles. The van der Waals surface area contributed by atoms with Crippen molar-refractivity contribution in [2.75, 3.05) is 6.61 Å². The molecule has 0 aliphatic rings. The quantitative estimate of drug-likeness (QED) is 0.422. The molecule has 1 unspecified atom stereocenters. The van der Waals surface area contributed by atoms with E-state index in [0.29, 0.717) is 0 Å². The van der Waals surface area contributed by atoms with E-state index in [1.165, 1.54) is 18.3 Å². The van der Waals surface area contributed by atoms with Gasteiger partial charge < -0.3 is 15.6 Å². The van der Waals surface area contributed by atoms with Gasteiger partial charge in [-0.15, -0.1) is 0 Å². The van der Waals surface area contributed by atoms with Crippen LogP contribution in [0.15, 0.2) is 24.4 Å². The Morgan fingerprint density at radius 1 is 1.42 bits per heavy atom. The highest BCUT2D eigenvalue weighted by molar-refractivity contribution is 6.15. The summed E-state index contributed by atoms with van der Waals surface area (Å²) in [7, 11) is 0. The Morgan fingerprint density at radius 3 is 2.58 bits per heavy atom. The molecule has 1 aromatic heterocycles. The highest BCUT2D eigenvalue weighted by atomic mass is 16.5. The number of ketones is 1. The van der Waals surface area contributed by atoms with Crippen LogP contribution in [0.1, 0.15) is 23.8 Å². The molecule has 7 heteroatoms. The number of pyridine rings is 1. The lowest BCUT2D eigenvalue weighted by atomic mass is 9.93. The maximum absolute atomic E-state index is 12.0. The summed E-state index contributed by atoms with van der Waals surface area (Å²) < 4.78 is 4.67. The lowest BCUT2D eigenvalue weighted by Crippen LogP contribution is -2.58. The molecule has 0 aromatic carbocycles. The third kappa shape index (κ3) is 3.35. The zero-order valence-corrected chi connectivity index (χ0v) is 10.3. The van der Waals surface area contributed by atoms with Gasteiger partial charge in [-0.05, 0) is 12.1 Å². The predicted octanol–water partition coefficient (Wildman–Crippen LogP) is -0.000400. The number of carbonyl (C=O) groups is 3. The molecular formula is C12H14N2O5. The van der Waals surface area contributed by atoms with E-state index < -0.39 is 29.9 Å². The van der Waals surface area contributed by atoms with Gasteiger partial charge in [-0.1, -0.05) is 13.0 Å². The number of esters is 1. The number of nitrogens with two attached hydrogens (primary N) is 1. The number of carbonyl (C=O) groups excluding carboxylic acids is 2. The second-order valence-electron chi connectivity index (χ2n) is 3.83. The van der Waals surface area contributed by atoms with Crippen LogP contribution in [-0.4, -0.2) is 40.0 Å². The zero-order chi connectivity index (χ0) is 14.5. The number of carboxylic acid groups (broad SMARTS) is 1. The summed E-state index contributed by atoms with van der Waals surface area (Å²) in [5.74, 6) is -3.12. The minimum absolute atomic E-state index is 0.0630. The van der Waals surface area contributed by atoms with Gasteiger partial charge in [-0.25, -0.2) is 4.79 Å². The van der Waals surface area contributed by atoms with Gasteiger partial charge in [-0.3, -0.25) is 14.6 Å². The third-order valence-electron chi connectivity index (χ3n) is 2.43. The molecule has 0 radical (unpaired) electrons. The largest absolute Gasteiger partial charge is 0.479 e. The number of carboxylic acids is 1. The molecule has 0 amide bonds. The molecule has 3 N–H and O–H groups in total. The van der Waals surface area contributed by atoms with Gasteiger partial charge in [0.15, 0.2) is 0 Å². The second kappa shape index (κ2) is 6.05. The second-order valence-corrected chi connectivity index (χ2v) is 3.83. The average Bonchev–Trinajstić information content (AvgIpc) is 2.44. The number of hydrogen-bond donors (Lipinski definition) is 2. The SMILES string of the molecule is CCC(=O)OCC(N)(C(=O)O)C(=O)c1ccccn1. The summed E-state index contributed by atoms with van der Waals surface area (Å²) >= 11 is 0. The minimum atomic E-state index is -2.33. The van der Waals surface area contributed by atoms with Gasteiger partial charge in [0, 0.05) is 12.6 Å². The number of Topliss-reactive ketones (excluding diaryl/α,β-unsaturated/α-hetero) is 1. The molecule has 102 valence electrons. The van der Waals surface area contributed by atoms with Crippen LogP contribution >= 0.6 is 0 Å². The Kier molecular flexibility index (Phi) is 4.71. The summed E-state index contributed by atoms with van der Waals surface area (Å²) in [5.41, 5.74) is 3.12. The van der Waals surface area contributed by atoms with Crippen LogP contribution in [0.2, 0.25) is 0 Å². The lowest BCUT2D eigenvalue weighted by Gasteiger charge is -2.22. The molecular weight excluding hydrogens is 252 g/mol. The van der Waals surface area contributed by atoms with Crippen molar-refractivity contribution in [2.24, 2.45) is 5.73 Å². The maximum Gasteiger partial charge on any atom is 0.335 e. The maximum atomic E-state index is 12.0. The van der Waals surface area contributed by atoms with Crippen molar-refractivity contribution in [1.82, 2.24) is 4.98 Å². The molecule has 1 heterocycles. The van der Waals surface area contributed by atoms with Crippen molar-refractivity contribution in [3.63, 3.8) is 0 Å².